The Morgan fingerprint density at radius 1 is 1.14 bits per heavy atom. The second-order valence-electron chi connectivity index (χ2n) is 6.24. The van der Waals surface area contributed by atoms with Crippen LogP contribution in [0.2, 0.25) is 0 Å². The van der Waals surface area contributed by atoms with Crippen LogP contribution in [0.3, 0.4) is 0 Å². The molecule has 3 fully saturated rings. The van der Waals surface area contributed by atoms with Crippen molar-refractivity contribution in [1.29, 1.82) is 0 Å². The summed E-state index contributed by atoms with van der Waals surface area (Å²) in [5, 5.41) is 0. The van der Waals surface area contributed by atoms with E-state index in [1.807, 2.05) is 0 Å². The lowest BCUT2D eigenvalue weighted by molar-refractivity contribution is -0.142. The maximum Gasteiger partial charge on any atom is -0.0323 e. The highest BCUT2D eigenvalue weighted by molar-refractivity contribution is 5.09. The summed E-state index contributed by atoms with van der Waals surface area (Å²) in [7, 11) is 0. The highest BCUT2D eigenvalue weighted by Crippen LogP contribution is 2.67. The molecule has 0 N–H and O–H groups in total. The van der Waals surface area contributed by atoms with Gasteiger partial charge in [-0.1, -0.05) is 26.7 Å². The highest BCUT2D eigenvalue weighted by Gasteiger charge is 2.60. The normalized spacial score (nSPS) is 51.4. The van der Waals surface area contributed by atoms with Crippen LogP contribution < -0.4 is 0 Å². The van der Waals surface area contributed by atoms with Crippen LogP contribution in [0.25, 0.3) is 0 Å². The lowest BCUT2D eigenvalue weighted by Gasteiger charge is -2.62. The van der Waals surface area contributed by atoms with Crippen molar-refractivity contribution in [2.75, 3.05) is 0 Å². The fourth-order valence-corrected chi connectivity index (χ4v) is 4.76. The zero-order chi connectivity index (χ0) is 9.71. The highest BCUT2D eigenvalue weighted by atomic mass is 14.7. The molecule has 0 heteroatoms. The smallest absolute Gasteiger partial charge is 0.0323 e. The van der Waals surface area contributed by atoms with Crippen LogP contribution >= 0.6 is 0 Å². The van der Waals surface area contributed by atoms with Gasteiger partial charge in [0.05, 0.1) is 0 Å². The third-order valence-corrected chi connectivity index (χ3v) is 5.68. The molecule has 0 aromatic carbocycles. The van der Waals surface area contributed by atoms with Gasteiger partial charge in [-0.05, 0) is 61.2 Å². The summed E-state index contributed by atoms with van der Waals surface area (Å²) in [5.41, 5.74) is 0. The molecule has 0 bridgehead atoms. The van der Waals surface area contributed by atoms with E-state index >= 15 is 0 Å². The van der Waals surface area contributed by atoms with E-state index in [1.165, 1.54) is 30.1 Å². The Kier molecular flexibility index (Phi) is 2.15. The molecule has 0 aromatic heterocycles. The molecule has 3 saturated carbocycles. The van der Waals surface area contributed by atoms with E-state index in [2.05, 4.69) is 13.8 Å². The molecule has 0 nitrogen and oxygen atoms in total. The van der Waals surface area contributed by atoms with Crippen LogP contribution in [0.5, 0.6) is 0 Å². The van der Waals surface area contributed by atoms with Gasteiger partial charge in [0.15, 0.2) is 0 Å². The topological polar surface area (TPSA) is 0 Å². The van der Waals surface area contributed by atoms with Gasteiger partial charge >= 0.3 is 0 Å². The van der Waals surface area contributed by atoms with Gasteiger partial charge < -0.3 is 0 Å². The molecule has 0 heterocycles. The van der Waals surface area contributed by atoms with Crippen molar-refractivity contribution in [1.82, 2.24) is 0 Å². The summed E-state index contributed by atoms with van der Waals surface area (Å²) in [6, 6.07) is 0. The fourth-order valence-electron chi connectivity index (χ4n) is 4.76. The molecular formula is C14H24. The van der Waals surface area contributed by atoms with Crippen LogP contribution in [0.4, 0.5) is 0 Å². The fraction of sp³-hybridized carbons (Fsp3) is 1.00. The first kappa shape index (κ1) is 9.24. The monoisotopic (exact) mass is 192 g/mol. The Hall–Kier alpha value is 0. The predicted molar refractivity (Wildman–Crippen MR) is 60.0 cm³/mol. The quantitative estimate of drug-likeness (QED) is 0.631. The Labute approximate surface area is 88.5 Å². The number of hydrogen-bond acceptors (Lipinski definition) is 0. The second kappa shape index (κ2) is 3.25. The molecule has 6 atom stereocenters. The van der Waals surface area contributed by atoms with Gasteiger partial charge in [-0.3, -0.25) is 0 Å². The Morgan fingerprint density at radius 2 is 1.93 bits per heavy atom. The summed E-state index contributed by atoms with van der Waals surface area (Å²) >= 11 is 0. The SMILES string of the molecule is CCC(C)CC1CC2C3CCC[C@H]3[C@@H]12. The maximum atomic E-state index is 2.44. The Morgan fingerprint density at radius 3 is 2.71 bits per heavy atom. The predicted octanol–water partition coefficient (Wildman–Crippen LogP) is 4.10. The molecular weight excluding hydrogens is 168 g/mol. The average molecular weight is 192 g/mol. The first-order valence-corrected chi connectivity index (χ1v) is 6.81. The lowest BCUT2D eigenvalue weighted by Crippen LogP contribution is -2.56. The van der Waals surface area contributed by atoms with Crippen molar-refractivity contribution < 1.29 is 0 Å². The number of fused-ring (bicyclic) bond motifs is 4. The molecule has 4 unspecified atom stereocenters. The van der Waals surface area contributed by atoms with Crippen molar-refractivity contribution in [2.24, 2.45) is 35.5 Å². The van der Waals surface area contributed by atoms with Crippen molar-refractivity contribution in [3.8, 4) is 0 Å². The molecule has 80 valence electrons. The van der Waals surface area contributed by atoms with Crippen LogP contribution in [0, 0.1) is 35.5 Å². The molecule has 0 aromatic rings. The summed E-state index contributed by atoms with van der Waals surface area (Å²) in [6.07, 6.45) is 9.27. The van der Waals surface area contributed by atoms with E-state index < -0.39 is 0 Å². The first-order valence-electron chi connectivity index (χ1n) is 6.81. The molecule has 0 spiro atoms. The van der Waals surface area contributed by atoms with E-state index in [0.29, 0.717) is 0 Å². The van der Waals surface area contributed by atoms with Crippen LogP contribution in [-0.2, 0) is 0 Å². The van der Waals surface area contributed by atoms with Gasteiger partial charge in [0, 0.05) is 0 Å². The maximum absolute atomic E-state index is 2.44. The van der Waals surface area contributed by atoms with E-state index in [9.17, 15) is 0 Å². The third-order valence-electron chi connectivity index (χ3n) is 5.68. The van der Waals surface area contributed by atoms with E-state index in [0.717, 1.165) is 11.8 Å². The number of hydrogen-bond donors (Lipinski definition) is 0. The molecule has 0 aliphatic heterocycles. The van der Waals surface area contributed by atoms with Crippen LogP contribution in [-0.4, -0.2) is 0 Å². The molecule has 0 amide bonds. The van der Waals surface area contributed by atoms with Crippen molar-refractivity contribution in [3.05, 3.63) is 0 Å². The standard InChI is InChI=1S/C14H24/c1-3-9(2)7-10-8-13-11-5-4-6-12(11)14(10)13/h9-14H,3-8H2,1-2H3/t9?,10?,11?,12-,13?,14-/m1/s1. The van der Waals surface area contributed by atoms with E-state index in [-0.39, 0.29) is 0 Å². The van der Waals surface area contributed by atoms with Gasteiger partial charge in [0.25, 0.3) is 0 Å². The van der Waals surface area contributed by atoms with E-state index in [4.69, 9.17) is 0 Å². The Bertz CT molecular complexity index is 220. The minimum absolute atomic E-state index is 0.987. The van der Waals surface area contributed by atoms with Gasteiger partial charge in [0.2, 0.25) is 0 Å². The number of rotatable bonds is 3. The van der Waals surface area contributed by atoms with Gasteiger partial charge in [-0.15, -0.1) is 0 Å². The minimum atomic E-state index is 0.987. The summed E-state index contributed by atoms with van der Waals surface area (Å²) < 4.78 is 0. The van der Waals surface area contributed by atoms with Crippen molar-refractivity contribution in [3.63, 3.8) is 0 Å². The Balaban J connectivity index is 1.56. The first-order chi connectivity index (χ1) is 6.81. The van der Waals surface area contributed by atoms with Gasteiger partial charge in [-0.25, -0.2) is 0 Å². The molecule has 0 saturated heterocycles. The average Bonchev–Trinajstić information content (AvgIpc) is 2.54. The molecule has 3 rings (SSSR count). The van der Waals surface area contributed by atoms with Crippen molar-refractivity contribution >= 4 is 0 Å². The molecule has 14 heavy (non-hydrogen) atoms. The van der Waals surface area contributed by atoms with Crippen molar-refractivity contribution in [2.45, 2.75) is 52.4 Å². The summed E-state index contributed by atoms with van der Waals surface area (Å²) in [4.78, 5) is 0. The van der Waals surface area contributed by atoms with Gasteiger partial charge in [0.1, 0.15) is 0 Å². The summed E-state index contributed by atoms with van der Waals surface area (Å²) in [6.45, 7) is 4.79. The molecule has 3 aliphatic carbocycles. The molecule has 0 radical (unpaired) electrons. The largest absolute Gasteiger partial charge is 0.0651 e. The summed E-state index contributed by atoms with van der Waals surface area (Å²) in [5.74, 6) is 6.94. The van der Waals surface area contributed by atoms with Gasteiger partial charge in [-0.2, -0.15) is 0 Å². The lowest BCUT2D eigenvalue weighted by atomic mass is 9.42. The van der Waals surface area contributed by atoms with Crippen LogP contribution in [0.1, 0.15) is 52.4 Å². The third kappa shape index (κ3) is 1.12. The second-order valence-corrected chi connectivity index (χ2v) is 6.24. The minimum Gasteiger partial charge on any atom is -0.0651 e. The van der Waals surface area contributed by atoms with E-state index in [1.54, 1.807) is 32.1 Å². The van der Waals surface area contributed by atoms with Crippen LogP contribution in [0.15, 0.2) is 0 Å². The zero-order valence-corrected chi connectivity index (χ0v) is 9.71. The molecule has 3 aliphatic rings. The zero-order valence-electron chi connectivity index (χ0n) is 9.71.